The molecule has 0 aliphatic rings. The Bertz CT molecular complexity index is 247. The third-order valence-electron chi connectivity index (χ3n) is 1.75. The fourth-order valence-electron chi connectivity index (χ4n) is 1.15. The lowest BCUT2D eigenvalue weighted by Gasteiger charge is -2.19. The largest absolute Gasteiger partial charge is 0.542 e. The molecule has 0 amide bonds. The molecule has 0 saturated carbocycles. The van der Waals surface area contributed by atoms with Crippen LogP contribution in [-0.4, -0.2) is 14.6 Å². The average Bonchev–Trinajstić information content (AvgIpc) is 2.13. The van der Waals surface area contributed by atoms with E-state index in [4.69, 9.17) is 4.43 Å². The van der Waals surface area contributed by atoms with Crippen molar-refractivity contribution in [3.8, 4) is 0 Å². The van der Waals surface area contributed by atoms with Gasteiger partial charge in [-0.2, -0.15) is 0 Å². The standard InChI is InChI=1S/C12H24OSSi/c1-7-9-12(14-3)10-11(8-2)13-15(4,5)6/h7-9H2,1-6H3. The van der Waals surface area contributed by atoms with Crippen LogP contribution < -0.4 is 0 Å². The highest BCUT2D eigenvalue weighted by Crippen LogP contribution is 2.19. The van der Waals surface area contributed by atoms with E-state index in [9.17, 15) is 0 Å². The van der Waals surface area contributed by atoms with Gasteiger partial charge in [-0.3, -0.25) is 0 Å². The average molecular weight is 244 g/mol. The topological polar surface area (TPSA) is 9.23 Å². The van der Waals surface area contributed by atoms with Crippen LogP contribution in [0.5, 0.6) is 0 Å². The summed E-state index contributed by atoms with van der Waals surface area (Å²) in [6.45, 7) is 11.0. The Morgan fingerprint density at radius 2 is 1.87 bits per heavy atom. The minimum atomic E-state index is -1.47. The molecule has 0 fully saturated rings. The lowest BCUT2D eigenvalue weighted by Crippen LogP contribution is -2.24. The Hall–Kier alpha value is -0.113. The molecule has 0 saturated heterocycles. The Labute approximate surface area is 100 Å². The molecule has 0 N–H and O–H groups in total. The fourth-order valence-corrected chi connectivity index (χ4v) is 2.71. The molecular formula is C12H24OSSi. The molecule has 15 heavy (non-hydrogen) atoms. The molecule has 0 aromatic rings. The Kier molecular flexibility index (Phi) is 7.15. The number of hydrogen-bond acceptors (Lipinski definition) is 2. The van der Waals surface area contributed by atoms with Gasteiger partial charge in [-0.15, -0.1) is 11.8 Å². The van der Waals surface area contributed by atoms with Gasteiger partial charge in [-0.1, -0.05) is 26.0 Å². The maximum Gasteiger partial charge on any atom is 0.242 e. The normalized spacial score (nSPS) is 10.8. The molecule has 0 unspecified atom stereocenters. The lowest BCUT2D eigenvalue weighted by atomic mass is 10.3. The summed E-state index contributed by atoms with van der Waals surface area (Å²) >= 11 is 1.78. The van der Waals surface area contributed by atoms with Gasteiger partial charge in [0.05, 0.1) is 0 Å². The summed E-state index contributed by atoms with van der Waals surface area (Å²) in [7, 11) is -1.47. The second kappa shape index (κ2) is 7.21. The van der Waals surface area contributed by atoms with Crippen molar-refractivity contribution in [3.63, 3.8) is 0 Å². The molecule has 0 heterocycles. The number of hydrogen-bond donors (Lipinski definition) is 0. The van der Waals surface area contributed by atoms with Crippen molar-refractivity contribution < 1.29 is 4.43 Å². The van der Waals surface area contributed by atoms with Crippen LogP contribution in [-0.2, 0) is 4.43 Å². The van der Waals surface area contributed by atoms with Crippen LogP contribution >= 0.6 is 11.8 Å². The summed E-state index contributed by atoms with van der Waals surface area (Å²) in [5.74, 6) is 1.03. The first-order valence-electron chi connectivity index (χ1n) is 5.64. The van der Waals surface area contributed by atoms with Gasteiger partial charge in [0.1, 0.15) is 5.76 Å². The molecule has 88 valence electrons. The summed E-state index contributed by atoms with van der Waals surface area (Å²) in [6, 6.07) is 0. The monoisotopic (exact) mass is 244 g/mol. The molecule has 0 aliphatic heterocycles. The quantitative estimate of drug-likeness (QED) is 0.378. The highest BCUT2D eigenvalue weighted by atomic mass is 32.2. The maximum atomic E-state index is 5.98. The maximum absolute atomic E-state index is 5.98. The molecule has 0 spiro atoms. The first-order chi connectivity index (χ1) is 6.92. The summed E-state index contributed by atoms with van der Waals surface area (Å²) in [6.07, 6.45) is 5.34. The van der Waals surface area contributed by atoms with Crippen molar-refractivity contribution >= 4 is 20.1 Å². The summed E-state index contributed by atoms with van der Waals surface area (Å²) in [4.78, 5) is 1.31. The number of rotatable bonds is 6. The van der Waals surface area contributed by atoms with Crippen LogP contribution in [0, 0.1) is 0 Å². The van der Waals surface area contributed by atoms with Gasteiger partial charge in [0.2, 0.25) is 8.32 Å². The molecule has 0 aromatic carbocycles. The number of allylic oxidation sites excluding steroid dienone is 1. The van der Waals surface area contributed by atoms with E-state index in [-0.39, 0.29) is 0 Å². The van der Waals surface area contributed by atoms with Gasteiger partial charge in [-0.05, 0) is 32.3 Å². The van der Waals surface area contributed by atoms with Crippen LogP contribution in [0.3, 0.4) is 0 Å². The molecule has 1 nitrogen and oxygen atoms in total. The van der Waals surface area contributed by atoms with E-state index in [1.807, 2.05) is 0 Å². The van der Waals surface area contributed by atoms with Gasteiger partial charge < -0.3 is 4.43 Å². The SMILES string of the molecule is CCCC(=C=C(CC)O[Si](C)(C)C)SC. The Morgan fingerprint density at radius 1 is 1.27 bits per heavy atom. The van der Waals surface area contributed by atoms with Crippen LogP contribution in [0.15, 0.2) is 16.4 Å². The highest BCUT2D eigenvalue weighted by Gasteiger charge is 2.16. The summed E-state index contributed by atoms with van der Waals surface area (Å²) in [5.41, 5.74) is 3.42. The van der Waals surface area contributed by atoms with Crippen molar-refractivity contribution in [1.29, 1.82) is 0 Å². The Balaban J connectivity index is 4.81. The van der Waals surface area contributed by atoms with Gasteiger partial charge in [-0.25, -0.2) is 0 Å². The zero-order valence-corrected chi connectivity index (χ0v) is 12.8. The smallest absolute Gasteiger partial charge is 0.242 e. The lowest BCUT2D eigenvalue weighted by molar-refractivity contribution is 0.407. The second-order valence-corrected chi connectivity index (χ2v) is 9.82. The van der Waals surface area contributed by atoms with Gasteiger partial charge in [0.25, 0.3) is 0 Å². The third-order valence-corrected chi connectivity index (χ3v) is 3.41. The van der Waals surface area contributed by atoms with E-state index in [0.29, 0.717) is 0 Å². The predicted molar refractivity (Wildman–Crippen MR) is 73.7 cm³/mol. The van der Waals surface area contributed by atoms with E-state index >= 15 is 0 Å². The van der Waals surface area contributed by atoms with E-state index in [1.54, 1.807) is 11.8 Å². The molecule has 0 bridgehead atoms. The fraction of sp³-hybridized carbons (Fsp3) is 0.750. The second-order valence-electron chi connectivity index (χ2n) is 4.49. The Morgan fingerprint density at radius 3 is 2.20 bits per heavy atom. The molecular weight excluding hydrogens is 220 g/mol. The summed E-state index contributed by atoms with van der Waals surface area (Å²) < 4.78 is 5.98. The predicted octanol–water partition coefficient (Wildman–Crippen LogP) is 4.78. The third kappa shape index (κ3) is 7.77. The van der Waals surface area contributed by atoms with Crippen molar-refractivity contribution in [1.82, 2.24) is 0 Å². The van der Waals surface area contributed by atoms with Crippen molar-refractivity contribution in [2.75, 3.05) is 6.26 Å². The summed E-state index contributed by atoms with van der Waals surface area (Å²) in [5, 5.41) is 0. The van der Waals surface area contributed by atoms with E-state index in [2.05, 4.69) is 45.5 Å². The van der Waals surface area contributed by atoms with Crippen molar-refractivity contribution in [2.24, 2.45) is 0 Å². The minimum absolute atomic E-state index is 0.943. The highest BCUT2D eigenvalue weighted by molar-refractivity contribution is 8.02. The first kappa shape index (κ1) is 14.9. The molecule has 0 radical (unpaired) electrons. The molecule has 0 aromatic heterocycles. The molecule has 0 aliphatic carbocycles. The molecule has 0 atom stereocenters. The van der Waals surface area contributed by atoms with Crippen molar-refractivity contribution in [2.45, 2.75) is 52.8 Å². The molecule has 0 rings (SSSR count). The van der Waals surface area contributed by atoms with Gasteiger partial charge >= 0.3 is 0 Å². The van der Waals surface area contributed by atoms with Gasteiger partial charge in [0, 0.05) is 11.3 Å². The van der Waals surface area contributed by atoms with Crippen LogP contribution in [0.25, 0.3) is 0 Å². The van der Waals surface area contributed by atoms with Crippen LogP contribution in [0.4, 0.5) is 0 Å². The van der Waals surface area contributed by atoms with E-state index < -0.39 is 8.32 Å². The molecule has 3 heteroatoms. The zero-order valence-electron chi connectivity index (χ0n) is 10.9. The first-order valence-corrected chi connectivity index (χ1v) is 10.3. The van der Waals surface area contributed by atoms with Crippen LogP contribution in [0.1, 0.15) is 33.1 Å². The van der Waals surface area contributed by atoms with E-state index in [1.165, 1.54) is 11.3 Å². The van der Waals surface area contributed by atoms with Crippen molar-refractivity contribution in [3.05, 3.63) is 16.4 Å². The zero-order chi connectivity index (χ0) is 11.9. The van der Waals surface area contributed by atoms with E-state index in [0.717, 1.165) is 18.6 Å². The number of thioether (sulfide) groups is 1. The van der Waals surface area contributed by atoms with Crippen LogP contribution in [0.2, 0.25) is 19.6 Å². The van der Waals surface area contributed by atoms with Gasteiger partial charge in [0.15, 0.2) is 0 Å². The minimum Gasteiger partial charge on any atom is -0.542 e.